The molecule has 0 aromatic heterocycles. The number of amides is 2. The Morgan fingerprint density at radius 1 is 0.730 bits per heavy atom. The average Bonchev–Trinajstić information content (AvgIpc) is 2.93. The highest BCUT2D eigenvalue weighted by Crippen LogP contribution is 2.15. The van der Waals surface area contributed by atoms with Crippen molar-refractivity contribution in [1.29, 1.82) is 0 Å². The second-order valence-electron chi connectivity index (χ2n) is 7.87. The molecule has 0 unspecified atom stereocenters. The number of carbonyl (C=O) groups is 5. The molecule has 2 amide bonds. The lowest BCUT2D eigenvalue weighted by Gasteiger charge is -2.26. The summed E-state index contributed by atoms with van der Waals surface area (Å²) >= 11 is 0. The number of carbonyl (C=O) groups excluding carboxylic acids is 5. The Bertz CT molecular complexity index is 1060. The standard InChI is InChI=1S/C26H30N2O9/c1-34-21(29)15-19(24(31)35-2)22(25(32)36-3)28-23(30)20(14-17-10-6-4-7-11-17)27-26(33)37-16-18-12-8-5-9-13-18/h4-13,19-20,22H,14-16H2,1-3H3,(H,27,33)(H,28,30)/t19-,20-,22-/m0/s1. The van der Waals surface area contributed by atoms with Crippen LogP contribution in [0.5, 0.6) is 0 Å². The molecule has 2 aromatic carbocycles. The zero-order chi connectivity index (χ0) is 27.2. The molecule has 198 valence electrons. The van der Waals surface area contributed by atoms with E-state index in [1.54, 1.807) is 54.6 Å². The Labute approximate surface area is 214 Å². The minimum absolute atomic E-state index is 0.0271. The van der Waals surface area contributed by atoms with Gasteiger partial charge in [0.1, 0.15) is 18.7 Å². The van der Waals surface area contributed by atoms with E-state index in [1.165, 1.54) is 0 Å². The third-order valence-corrected chi connectivity index (χ3v) is 5.38. The van der Waals surface area contributed by atoms with Gasteiger partial charge in [-0.25, -0.2) is 9.59 Å². The molecule has 11 heteroatoms. The number of hydrogen-bond acceptors (Lipinski definition) is 9. The lowest BCUT2D eigenvalue weighted by Crippen LogP contribution is -2.56. The maximum atomic E-state index is 13.3. The summed E-state index contributed by atoms with van der Waals surface area (Å²) in [4.78, 5) is 62.6. The van der Waals surface area contributed by atoms with Crippen LogP contribution in [-0.2, 0) is 51.2 Å². The Kier molecular flexibility index (Phi) is 11.6. The van der Waals surface area contributed by atoms with Gasteiger partial charge in [-0.05, 0) is 11.1 Å². The summed E-state index contributed by atoms with van der Waals surface area (Å²) in [6.07, 6.45) is -1.38. The van der Waals surface area contributed by atoms with E-state index in [0.717, 1.165) is 26.9 Å². The van der Waals surface area contributed by atoms with Crippen molar-refractivity contribution in [3.05, 3.63) is 71.8 Å². The number of nitrogens with one attached hydrogen (secondary N) is 2. The molecule has 0 heterocycles. The molecule has 0 aliphatic carbocycles. The quantitative estimate of drug-likeness (QED) is 0.318. The third-order valence-electron chi connectivity index (χ3n) is 5.38. The molecule has 0 fully saturated rings. The van der Waals surface area contributed by atoms with Gasteiger partial charge in [0.25, 0.3) is 0 Å². The van der Waals surface area contributed by atoms with Gasteiger partial charge in [0.15, 0.2) is 0 Å². The Hall–Kier alpha value is -4.41. The van der Waals surface area contributed by atoms with Crippen molar-refractivity contribution in [2.24, 2.45) is 5.92 Å². The van der Waals surface area contributed by atoms with E-state index in [2.05, 4.69) is 15.4 Å². The fourth-order valence-corrected chi connectivity index (χ4v) is 3.42. The van der Waals surface area contributed by atoms with Crippen LogP contribution in [0.3, 0.4) is 0 Å². The lowest BCUT2D eigenvalue weighted by atomic mass is 9.95. The molecule has 0 saturated carbocycles. The molecule has 0 spiro atoms. The van der Waals surface area contributed by atoms with E-state index < -0.39 is 54.3 Å². The summed E-state index contributed by atoms with van der Waals surface area (Å²) in [5.41, 5.74) is 1.45. The molecular formula is C26H30N2O9. The molecule has 0 saturated heterocycles. The lowest BCUT2D eigenvalue weighted by molar-refractivity contribution is -0.159. The molecule has 0 radical (unpaired) electrons. The smallest absolute Gasteiger partial charge is 0.408 e. The summed E-state index contributed by atoms with van der Waals surface area (Å²) in [6.45, 7) is -0.0271. The predicted molar refractivity (Wildman–Crippen MR) is 130 cm³/mol. The minimum Gasteiger partial charge on any atom is -0.469 e. The van der Waals surface area contributed by atoms with Gasteiger partial charge in [-0.3, -0.25) is 14.4 Å². The SMILES string of the molecule is COC(=O)C[C@H](C(=O)OC)[C@H](NC(=O)[C@H](Cc1ccccc1)NC(=O)OCc1ccccc1)C(=O)OC. The van der Waals surface area contributed by atoms with Gasteiger partial charge in [-0.1, -0.05) is 60.7 Å². The summed E-state index contributed by atoms with van der Waals surface area (Å²) in [5, 5.41) is 4.92. The van der Waals surface area contributed by atoms with Gasteiger partial charge in [0.2, 0.25) is 5.91 Å². The van der Waals surface area contributed by atoms with Gasteiger partial charge < -0.3 is 29.6 Å². The van der Waals surface area contributed by atoms with Crippen molar-refractivity contribution in [3.63, 3.8) is 0 Å². The van der Waals surface area contributed by atoms with Crippen molar-refractivity contribution < 1.29 is 42.9 Å². The van der Waals surface area contributed by atoms with E-state index in [9.17, 15) is 24.0 Å². The Morgan fingerprint density at radius 2 is 1.30 bits per heavy atom. The molecule has 2 N–H and O–H groups in total. The topological polar surface area (TPSA) is 146 Å². The van der Waals surface area contributed by atoms with Crippen LogP contribution in [0.25, 0.3) is 0 Å². The van der Waals surface area contributed by atoms with Crippen molar-refractivity contribution >= 4 is 29.9 Å². The van der Waals surface area contributed by atoms with Gasteiger partial charge >= 0.3 is 24.0 Å². The number of esters is 3. The van der Waals surface area contributed by atoms with Crippen LogP contribution >= 0.6 is 0 Å². The first kappa shape index (κ1) is 28.8. The van der Waals surface area contributed by atoms with Crippen molar-refractivity contribution in [3.8, 4) is 0 Å². The summed E-state index contributed by atoms with van der Waals surface area (Å²) < 4.78 is 19.3. The van der Waals surface area contributed by atoms with E-state index in [1.807, 2.05) is 6.07 Å². The van der Waals surface area contributed by atoms with Crippen molar-refractivity contribution in [2.45, 2.75) is 31.5 Å². The first-order valence-corrected chi connectivity index (χ1v) is 11.3. The molecular weight excluding hydrogens is 484 g/mol. The van der Waals surface area contributed by atoms with E-state index in [0.29, 0.717) is 5.56 Å². The van der Waals surface area contributed by atoms with Crippen LogP contribution in [0.4, 0.5) is 4.79 Å². The van der Waals surface area contributed by atoms with Crippen LogP contribution < -0.4 is 10.6 Å². The van der Waals surface area contributed by atoms with Gasteiger partial charge in [0, 0.05) is 6.42 Å². The number of ether oxygens (including phenoxy) is 4. The molecule has 37 heavy (non-hydrogen) atoms. The first-order valence-electron chi connectivity index (χ1n) is 11.3. The first-order chi connectivity index (χ1) is 17.8. The summed E-state index contributed by atoms with van der Waals surface area (Å²) in [6, 6.07) is 15.0. The second kappa shape index (κ2) is 14.9. The normalized spacial score (nSPS) is 12.7. The molecule has 0 aliphatic rings. The van der Waals surface area contributed by atoms with Crippen LogP contribution in [0.15, 0.2) is 60.7 Å². The van der Waals surface area contributed by atoms with Gasteiger partial charge in [-0.2, -0.15) is 0 Å². The fourth-order valence-electron chi connectivity index (χ4n) is 3.42. The van der Waals surface area contributed by atoms with Crippen LogP contribution in [0.2, 0.25) is 0 Å². The molecule has 0 aliphatic heterocycles. The average molecular weight is 515 g/mol. The zero-order valence-corrected chi connectivity index (χ0v) is 20.8. The monoisotopic (exact) mass is 514 g/mol. The highest BCUT2D eigenvalue weighted by molar-refractivity contribution is 5.93. The predicted octanol–water partition coefficient (Wildman–Crippen LogP) is 1.53. The van der Waals surface area contributed by atoms with Crippen LogP contribution in [0.1, 0.15) is 17.5 Å². The second-order valence-corrected chi connectivity index (χ2v) is 7.87. The number of methoxy groups -OCH3 is 3. The molecule has 3 atom stereocenters. The summed E-state index contributed by atoms with van der Waals surface area (Å²) in [5.74, 6) is -4.97. The van der Waals surface area contributed by atoms with Crippen LogP contribution in [0, 0.1) is 5.92 Å². The Morgan fingerprint density at radius 3 is 1.84 bits per heavy atom. The highest BCUT2D eigenvalue weighted by Gasteiger charge is 2.40. The van der Waals surface area contributed by atoms with Crippen LogP contribution in [-0.4, -0.2) is 63.3 Å². The number of hydrogen-bond donors (Lipinski definition) is 2. The molecule has 0 bridgehead atoms. The maximum absolute atomic E-state index is 13.3. The van der Waals surface area contributed by atoms with E-state index in [-0.39, 0.29) is 13.0 Å². The largest absolute Gasteiger partial charge is 0.469 e. The van der Waals surface area contributed by atoms with E-state index >= 15 is 0 Å². The fraction of sp³-hybridized carbons (Fsp3) is 0.346. The number of alkyl carbamates (subject to hydrolysis) is 1. The number of rotatable bonds is 12. The highest BCUT2D eigenvalue weighted by atomic mass is 16.6. The van der Waals surface area contributed by atoms with Crippen molar-refractivity contribution in [2.75, 3.05) is 21.3 Å². The van der Waals surface area contributed by atoms with E-state index in [4.69, 9.17) is 14.2 Å². The maximum Gasteiger partial charge on any atom is 0.408 e. The summed E-state index contributed by atoms with van der Waals surface area (Å²) in [7, 11) is 3.25. The molecule has 11 nitrogen and oxygen atoms in total. The molecule has 2 aromatic rings. The Balaban J connectivity index is 2.25. The molecule has 2 rings (SSSR count). The minimum atomic E-state index is -1.59. The van der Waals surface area contributed by atoms with Crippen molar-refractivity contribution in [1.82, 2.24) is 10.6 Å². The van der Waals surface area contributed by atoms with Gasteiger partial charge in [0.05, 0.1) is 33.7 Å². The zero-order valence-electron chi connectivity index (χ0n) is 20.8. The number of benzene rings is 2. The van der Waals surface area contributed by atoms with Gasteiger partial charge in [-0.15, -0.1) is 0 Å². The third kappa shape index (κ3) is 9.28.